The fourth-order valence-corrected chi connectivity index (χ4v) is 2.87. The summed E-state index contributed by atoms with van der Waals surface area (Å²) in [6.45, 7) is 4.36. The Morgan fingerprint density at radius 3 is 2.54 bits per heavy atom. The molecule has 0 aliphatic carbocycles. The van der Waals surface area contributed by atoms with Gasteiger partial charge in [0, 0.05) is 11.4 Å². The first-order chi connectivity index (χ1) is 11.7. The summed E-state index contributed by atoms with van der Waals surface area (Å²) in [6, 6.07) is 20.4. The number of fused-ring (bicyclic) bond motifs is 1. The van der Waals surface area contributed by atoms with E-state index >= 15 is 0 Å². The quantitative estimate of drug-likeness (QED) is 0.712. The summed E-state index contributed by atoms with van der Waals surface area (Å²) in [4.78, 5) is 12.3. The van der Waals surface area contributed by atoms with E-state index < -0.39 is 0 Å². The molecule has 3 aromatic rings. The first-order valence-electron chi connectivity index (χ1n) is 8.28. The van der Waals surface area contributed by atoms with E-state index in [4.69, 9.17) is 0 Å². The molecule has 1 amide bonds. The molecule has 3 aromatic carbocycles. The van der Waals surface area contributed by atoms with Crippen LogP contribution in [0.1, 0.15) is 18.1 Å². The van der Waals surface area contributed by atoms with Crippen LogP contribution in [0.25, 0.3) is 10.8 Å². The summed E-state index contributed by atoms with van der Waals surface area (Å²) >= 11 is 0. The van der Waals surface area contributed by atoms with Crippen LogP contribution in [0.15, 0.2) is 60.7 Å². The smallest absolute Gasteiger partial charge is 0.243 e. The minimum Gasteiger partial charge on any atom is -0.376 e. The average molecular weight is 318 g/mol. The van der Waals surface area contributed by atoms with Gasteiger partial charge in [-0.1, -0.05) is 55.5 Å². The summed E-state index contributed by atoms with van der Waals surface area (Å²) in [5.74, 6) is -0.0350. The molecule has 0 unspecified atom stereocenters. The second kappa shape index (κ2) is 7.18. The van der Waals surface area contributed by atoms with Gasteiger partial charge in [-0.2, -0.15) is 0 Å². The van der Waals surface area contributed by atoms with Crippen LogP contribution in [-0.4, -0.2) is 12.5 Å². The number of hydrogen-bond donors (Lipinski definition) is 2. The lowest BCUT2D eigenvalue weighted by Crippen LogP contribution is -2.22. The van der Waals surface area contributed by atoms with Gasteiger partial charge >= 0.3 is 0 Å². The van der Waals surface area contributed by atoms with Crippen LogP contribution >= 0.6 is 0 Å². The molecule has 3 nitrogen and oxygen atoms in total. The van der Waals surface area contributed by atoms with Crippen LogP contribution in [0.3, 0.4) is 0 Å². The van der Waals surface area contributed by atoms with E-state index in [2.05, 4.69) is 47.9 Å². The number of rotatable bonds is 5. The van der Waals surface area contributed by atoms with Crippen LogP contribution in [0.2, 0.25) is 0 Å². The van der Waals surface area contributed by atoms with Crippen molar-refractivity contribution in [1.29, 1.82) is 0 Å². The monoisotopic (exact) mass is 318 g/mol. The fraction of sp³-hybridized carbons (Fsp3) is 0.190. The Kier molecular flexibility index (Phi) is 4.80. The lowest BCUT2D eigenvalue weighted by Gasteiger charge is -2.14. The molecule has 0 heterocycles. The van der Waals surface area contributed by atoms with Gasteiger partial charge in [-0.05, 0) is 47.4 Å². The minimum atomic E-state index is -0.0350. The molecule has 0 atom stereocenters. The van der Waals surface area contributed by atoms with Crippen molar-refractivity contribution >= 4 is 28.1 Å². The van der Waals surface area contributed by atoms with E-state index in [0.29, 0.717) is 0 Å². The molecule has 0 aromatic heterocycles. The van der Waals surface area contributed by atoms with Gasteiger partial charge in [-0.25, -0.2) is 0 Å². The number of anilines is 2. The first kappa shape index (κ1) is 16.1. The molecular formula is C21H22N2O. The molecule has 0 saturated carbocycles. The molecule has 3 rings (SSSR count). The van der Waals surface area contributed by atoms with Crippen molar-refractivity contribution in [2.75, 3.05) is 17.2 Å². The van der Waals surface area contributed by atoms with Crippen molar-refractivity contribution in [3.63, 3.8) is 0 Å². The lowest BCUT2D eigenvalue weighted by atomic mass is 10.1. The van der Waals surface area contributed by atoms with Crippen LogP contribution in [0.5, 0.6) is 0 Å². The summed E-state index contributed by atoms with van der Waals surface area (Å²) in [7, 11) is 0. The van der Waals surface area contributed by atoms with Crippen LogP contribution < -0.4 is 10.6 Å². The molecular weight excluding hydrogens is 296 g/mol. The van der Waals surface area contributed by atoms with Gasteiger partial charge in [-0.15, -0.1) is 0 Å². The van der Waals surface area contributed by atoms with E-state index in [1.807, 2.05) is 37.3 Å². The summed E-state index contributed by atoms with van der Waals surface area (Å²) in [5, 5.41) is 8.59. The van der Waals surface area contributed by atoms with Gasteiger partial charge in [0.25, 0.3) is 0 Å². The van der Waals surface area contributed by atoms with Crippen molar-refractivity contribution < 1.29 is 4.79 Å². The topological polar surface area (TPSA) is 41.1 Å². The van der Waals surface area contributed by atoms with E-state index in [1.165, 1.54) is 5.39 Å². The van der Waals surface area contributed by atoms with Crippen molar-refractivity contribution in [2.45, 2.75) is 20.3 Å². The maximum Gasteiger partial charge on any atom is 0.243 e. The second-order valence-electron chi connectivity index (χ2n) is 5.93. The number of aryl methyl sites for hydroxylation is 2. The standard InChI is InChI=1S/C21H22N2O/c1-3-16-10-6-7-15(2)21(16)23-20(24)14-22-19-12-11-17-8-4-5-9-18(17)13-19/h4-13,22H,3,14H2,1-2H3,(H,23,24). The van der Waals surface area contributed by atoms with Gasteiger partial charge in [-0.3, -0.25) is 4.79 Å². The van der Waals surface area contributed by atoms with Crippen LogP contribution in [0.4, 0.5) is 11.4 Å². The molecule has 0 bridgehead atoms. The normalized spacial score (nSPS) is 10.6. The summed E-state index contributed by atoms with van der Waals surface area (Å²) in [5.41, 5.74) is 4.14. The Hall–Kier alpha value is -2.81. The largest absolute Gasteiger partial charge is 0.376 e. The third-order valence-corrected chi connectivity index (χ3v) is 4.21. The van der Waals surface area contributed by atoms with E-state index in [9.17, 15) is 4.79 Å². The lowest BCUT2D eigenvalue weighted by molar-refractivity contribution is -0.114. The van der Waals surface area contributed by atoms with Crippen molar-refractivity contribution in [1.82, 2.24) is 0 Å². The zero-order chi connectivity index (χ0) is 16.9. The highest BCUT2D eigenvalue weighted by Gasteiger charge is 2.08. The van der Waals surface area contributed by atoms with E-state index in [0.717, 1.165) is 34.3 Å². The number of carbonyl (C=O) groups excluding carboxylic acids is 1. The number of carbonyl (C=O) groups is 1. The zero-order valence-electron chi connectivity index (χ0n) is 14.1. The maximum atomic E-state index is 12.3. The van der Waals surface area contributed by atoms with Crippen LogP contribution in [-0.2, 0) is 11.2 Å². The number of nitrogens with one attached hydrogen (secondary N) is 2. The van der Waals surface area contributed by atoms with Crippen LogP contribution in [0, 0.1) is 6.92 Å². The molecule has 0 aliphatic rings. The average Bonchev–Trinajstić information content (AvgIpc) is 2.61. The number of hydrogen-bond acceptors (Lipinski definition) is 2. The van der Waals surface area contributed by atoms with Gasteiger partial charge in [0.15, 0.2) is 0 Å². The summed E-state index contributed by atoms with van der Waals surface area (Å²) < 4.78 is 0. The third kappa shape index (κ3) is 3.57. The highest BCUT2D eigenvalue weighted by atomic mass is 16.1. The Balaban J connectivity index is 1.67. The Morgan fingerprint density at radius 1 is 0.958 bits per heavy atom. The molecule has 0 saturated heterocycles. The van der Waals surface area contributed by atoms with Crippen molar-refractivity contribution in [3.8, 4) is 0 Å². The van der Waals surface area contributed by atoms with E-state index in [1.54, 1.807) is 0 Å². The maximum absolute atomic E-state index is 12.3. The molecule has 24 heavy (non-hydrogen) atoms. The molecule has 2 N–H and O–H groups in total. The van der Waals surface area contributed by atoms with Crippen molar-refractivity contribution in [2.24, 2.45) is 0 Å². The summed E-state index contributed by atoms with van der Waals surface area (Å²) in [6.07, 6.45) is 0.898. The fourth-order valence-electron chi connectivity index (χ4n) is 2.87. The number of para-hydroxylation sites is 1. The molecule has 122 valence electrons. The third-order valence-electron chi connectivity index (χ3n) is 4.21. The zero-order valence-corrected chi connectivity index (χ0v) is 14.1. The molecule has 0 fully saturated rings. The molecule has 0 aliphatic heterocycles. The predicted octanol–water partition coefficient (Wildman–Crippen LogP) is 4.76. The van der Waals surface area contributed by atoms with E-state index in [-0.39, 0.29) is 12.5 Å². The highest BCUT2D eigenvalue weighted by molar-refractivity contribution is 5.95. The van der Waals surface area contributed by atoms with Gasteiger partial charge in [0.05, 0.1) is 6.54 Å². The van der Waals surface area contributed by atoms with Gasteiger partial charge < -0.3 is 10.6 Å². The number of amides is 1. The highest BCUT2D eigenvalue weighted by Crippen LogP contribution is 2.21. The Labute approximate surface area is 142 Å². The molecule has 0 spiro atoms. The Morgan fingerprint density at radius 2 is 1.75 bits per heavy atom. The van der Waals surface area contributed by atoms with Gasteiger partial charge in [0.1, 0.15) is 0 Å². The van der Waals surface area contributed by atoms with Gasteiger partial charge in [0.2, 0.25) is 5.91 Å². The molecule has 0 radical (unpaired) electrons. The molecule has 3 heteroatoms. The second-order valence-corrected chi connectivity index (χ2v) is 5.93. The Bertz CT molecular complexity index is 871. The SMILES string of the molecule is CCc1cccc(C)c1NC(=O)CNc1ccc2ccccc2c1. The number of benzene rings is 3. The predicted molar refractivity (Wildman–Crippen MR) is 102 cm³/mol. The van der Waals surface area contributed by atoms with Crippen molar-refractivity contribution in [3.05, 3.63) is 71.8 Å². The minimum absolute atomic E-state index is 0.0350. The first-order valence-corrected chi connectivity index (χ1v) is 8.28.